The zero-order valence-electron chi connectivity index (χ0n) is 6.88. The number of hydrogen-bond acceptors (Lipinski definition) is 3. The summed E-state index contributed by atoms with van der Waals surface area (Å²) in [5.74, 6) is -2.19. The van der Waals surface area contributed by atoms with Crippen LogP contribution in [0.5, 0.6) is 0 Å². The van der Waals surface area contributed by atoms with E-state index < -0.39 is 17.7 Å². The van der Waals surface area contributed by atoms with Gasteiger partial charge in [-0.25, -0.2) is 9.37 Å². The maximum atomic E-state index is 12.8. The molecule has 13 heavy (non-hydrogen) atoms. The molecule has 0 spiro atoms. The van der Waals surface area contributed by atoms with Gasteiger partial charge in [0.05, 0.1) is 19.2 Å². The number of halogens is 2. The van der Waals surface area contributed by atoms with Crippen molar-refractivity contribution in [2.75, 3.05) is 7.11 Å². The van der Waals surface area contributed by atoms with Gasteiger partial charge in [-0.15, -0.1) is 0 Å². The van der Waals surface area contributed by atoms with Gasteiger partial charge in [-0.3, -0.25) is 4.79 Å². The lowest BCUT2D eigenvalue weighted by molar-refractivity contribution is -0.139. The third-order valence-electron chi connectivity index (χ3n) is 1.42. The average molecular weight is 187 g/mol. The standard InChI is InChI=1S/C8H7F2NO2/c1-13-8(12)4-6-5(9)2-3-7(10)11-6/h2-3H,4H2,1H3. The fourth-order valence-electron chi connectivity index (χ4n) is 0.791. The van der Waals surface area contributed by atoms with Crippen LogP contribution in [0.4, 0.5) is 8.78 Å². The summed E-state index contributed by atoms with van der Waals surface area (Å²) in [4.78, 5) is 13.9. The van der Waals surface area contributed by atoms with E-state index in [4.69, 9.17) is 0 Å². The Labute approximate surface area is 73.4 Å². The van der Waals surface area contributed by atoms with Gasteiger partial charge in [-0.05, 0) is 12.1 Å². The Morgan fingerprint density at radius 1 is 1.54 bits per heavy atom. The van der Waals surface area contributed by atoms with Crippen LogP contribution in [0, 0.1) is 11.8 Å². The molecule has 0 aromatic carbocycles. The summed E-state index contributed by atoms with van der Waals surface area (Å²) >= 11 is 0. The van der Waals surface area contributed by atoms with Crippen molar-refractivity contribution in [3.05, 3.63) is 29.6 Å². The highest BCUT2D eigenvalue weighted by Gasteiger charge is 2.10. The van der Waals surface area contributed by atoms with Gasteiger partial charge in [0.2, 0.25) is 5.95 Å². The highest BCUT2D eigenvalue weighted by Crippen LogP contribution is 2.06. The maximum absolute atomic E-state index is 12.8. The van der Waals surface area contributed by atoms with E-state index in [9.17, 15) is 13.6 Å². The lowest BCUT2D eigenvalue weighted by atomic mass is 10.2. The first-order valence-electron chi connectivity index (χ1n) is 3.51. The molecular formula is C8H7F2NO2. The molecule has 3 nitrogen and oxygen atoms in total. The number of rotatable bonds is 2. The molecule has 0 radical (unpaired) electrons. The topological polar surface area (TPSA) is 39.2 Å². The Balaban J connectivity index is 2.87. The second kappa shape index (κ2) is 3.93. The summed E-state index contributed by atoms with van der Waals surface area (Å²) < 4.78 is 29.6. The highest BCUT2D eigenvalue weighted by molar-refractivity contribution is 5.71. The quantitative estimate of drug-likeness (QED) is 0.513. The van der Waals surface area contributed by atoms with Gasteiger partial charge < -0.3 is 4.74 Å². The third-order valence-corrected chi connectivity index (χ3v) is 1.42. The normalized spacial score (nSPS) is 9.77. The minimum Gasteiger partial charge on any atom is -0.469 e. The highest BCUT2D eigenvalue weighted by atomic mass is 19.1. The van der Waals surface area contributed by atoms with Crippen molar-refractivity contribution in [1.29, 1.82) is 0 Å². The van der Waals surface area contributed by atoms with Crippen LogP contribution in [0.25, 0.3) is 0 Å². The minimum atomic E-state index is -0.819. The van der Waals surface area contributed by atoms with Crippen molar-refractivity contribution >= 4 is 5.97 Å². The predicted molar refractivity (Wildman–Crippen MR) is 39.9 cm³/mol. The number of esters is 1. The Hall–Kier alpha value is -1.52. The summed E-state index contributed by atoms with van der Waals surface area (Å²) in [6, 6.07) is 1.80. The predicted octanol–water partition coefficient (Wildman–Crippen LogP) is 1.08. The van der Waals surface area contributed by atoms with Gasteiger partial charge in [0.1, 0.15) is 5.82 Å². The zero-order valence-corrected chi connectivity index (χ0v) is 6.88. The van der Waals surface area contributed by atoms with Gasteiger partial charge >= 0.3 is 5.97 Å². The number of carbonyl (C=O) groups excluding carboxylic acids is 1. The first-order chi connectivity index (χ1) is 6.13. The molecule has 1 heterocycles. The Morgan fingerprint density at radius 2 is 2.23 bits per heavy atom. The van der Waals surface area contributed by atoms with Crippen molar-refractivity contribution in [3.8, 4) is 0 Å². The van der Waals surface area contributed by atoms with Gasteiger partial charge in [-0.2, -0.15) is 4.39 Å². The van der Waals surface area contributed by atoms with Gasteiger partial charge in [0.15, 0.2) is 0 Å². The monoisotopic (exact) mass is 187 g/mol. The molecule has 0 aliphatic heterocycles. The van der Waals surface area contributed by atoms with Gasteiger partial charge in [0, 0.05) is 0 Å². The van der Waals surface area contributed by atoms with Crippen LogP contribution >= 0.6 is 0 Å². The Morgan fingerprint density at radius 3 is 2.85 bits per heavy atom. The van der Waals surface area contributed by atoms with Crippen LogP contribution < -0.4 is 0 Å². The number of nitrogens with zero attached hydrogens (tertiary/aromatic N) is 1. The summed E-state index contributed by atoms with van der Waals surface area (Å²) in [5, 5.41) is 0. The second-order valence-corrected chi connectivity index (χ2v) is 2.32. The fourth-order valence-corrected chi connectivity index (χ4v) is 0.791. The molecule has 1 aromatic rings. The molecule has 0 saturated heterocycles. The Kier molecular flexibility index (Phi) is 2.89. The molecule has 0 aliphatic carbocycles. The summed E-state index contributed by atoms with van der Waals surface area (Å²) in [7, 11) is 1.17. The Bertz CT molecular complexity index is 328. The average Bonchev–Trinajstić information content (AvgIpc) is 2.11. The molecule has 1 aromatic heterocycles. The van der Waals surface area contributed by atoms with Crippen LogP contribution in [0.3, 0.4) is 0 Å². The van der Waals surface area contributed by atoms with Crippen molar-refractivity contribution in [2.45, 2.75) is 6.42 Å². The van der Waals surface area contributed by atoms with Gasteiger partial charge in [0.25, 0.3) is 0 Å². The van der Waals surface area contributed by atoms with E-state index in [1.54, 1.807) is 0 Å². The molecule has 5 heteroatoms. The minimum absolute atomic E-state index is 0.244. The van der Waals surface area contributed by atoms with Crippen molar-refractivity contribution in [3.63, 3.8) is 0 Å². The lowest BCUT2D eigenvalue weighted by Crippen LogP contribution is -2.08. The zero-order chi connectivity index (χ0) is 9.84. The first kappa shape index (κ1) is 9.57. The molecule has 0 unspecified atom stereocenters. The largest absolute Gasteiger partial charge is 0.469 e. The van der Waals surface area contributed by atoms with Crippen LogP contribution in [-0.2, 0) is 16.0 Å². The van der Waals surface area contributed by atoms with Crippen LogP contribution in [0.15, 0.2) is 12.1 Å². The first-order valence-corrected chi connectivity index (χ1v) is 3.51. The second-order valence-electron chi connectivity index (χ2n) is 2.32. The number of carbonyl (C=O) groups is 1. The van der Waals surface area contributed by atoms with E-state index in [1.807, 2.05) is 0 Å². The summed E-state index contributed by atoms with van der Waals surface area (Å²) in [6.45, 7) is 0. The summed E-state index contributed by atoms with van der Waals surface area (Å²) in [6.07, 6.45) is -0.361. The molecular weight excluding hydrogens is 180 g/mol. The van der Waals surface area contributed by atoms with Crippen molar-refractivity contribution in [1.82, 2.24) is 4.98 Å². The van der Waals surface area contributed by atoms with E-state index in [2.05, 4.69) is 9.72 Å². The molecule has 70 valence electrons. The molecule has 0 atom stereocenters. The molecule has 0 fully saturated rings. The summed E-state index contributed by atoms with van der Waals surface area (Å²) in [5.41, 5.74) is -0.244. The maximum Gasteiger partial charge on any atom is 0.311 e. The van der Waals surface area contributed by atoms with Crippen molar-refractivity contribution < 1.29 is 18.3 Å². The van der Waals surface area contributed by atoms with Crippen molar-refractivity contribution in [2.24, 2.45) is 0 Å². The van der Waals surface area contributed by atoms with Crippen LogP contribution in [-0.4, -0.2) is 18.1 Å². The number of aromatic nitrogens is 1. The molecule has 1 rings (SSSR count). The van der Waals surface area contributed by atoms with Gasteiger partial charge in [-0.1, -0.05) is 0 Å². The molecule has 0 bridgehead atoms. The van der Waals surface area contributed by atoms with E-state index >= 15 is 0 Å². The third kappa shape index (κ3) is 2.47. The van der Waals surface area contributed by atoms with E-state index in [0.717, 1.165) is 12.1 Å². The van der Waals surface area contributed by atoms with Crippen LogP contribution in [0.1, 0.15) is 5.69 Å². The smallest absolute Gasteiger partial charge is 0.311 e. The number of methoxy groups -OCH3 is 1. The molecule has 0 saturated carbocycles. The van der Waals surface area contributed by atoms with E-state index in [1.165, 1.54) is 7.11 Å². The van der Waals surface area contributed by atoms with E-state index in [-0.39, 0.29) is 12.1 Å². The molecule has 0 amide bonds. The number of ether oxygens (including phenoxy) is 1. The number of hydrogen-bond donors (Lipinski definition) is 0. The van der Waals surface area contributed by atoms with Crippen LogP contribution in [0.2, 0.25) is 0 Å². The molecule has 0 aliphatic rings. The SMILES string of the molecule is COC(=O)Cc1nc(F)ccc1F. The van der Waals surface area contributed by atoms with E-state index in [0.29, 0.717) is 0 Å². The molecule has 0 N–H and O–H groups in total. The lowest BCUT2D eigenvalue weighted by Gasteiger charge is -2.00. The number of pyridine rings is 1. The fraction of sp³-hybridized carbons (Fsp3) is 0.250.